The first-order valence-electron chi connectivity index (χ1n) is 12.4. The molecule has 4 rings (SSSR count). The summed E-state index contributed by atoms with van der Waals surface area (Å²) in [6.45, 7) is 2.64. The zero-order valence-corrected chi connectivity index (χ0v) is 22.2. The SMILES string of the molecule is COc1ccc2ncc(Cl)c(CCCC3(CC(=O)O)CCN(CCC(=S)c4ccccn4)CC3)c2c1. The lowest BCUT2D eigenvalue weighted by Gasteiger charge is -2.41. The van der Waals surface area contributed by atoms with E-state index in [-0.39, 0.29) is 11.8 Å². The maximum Gasteiger partial charge on any atom is 0.303 e. The van der Waals surface area contributed by atoms with Gasteiger partial charge in [-0.1, -0.05) is 29.9 Å². The van der Waals surface area contributed by atoms with Crippen LogP contribution in [0.5, 0.6) is 5.75 Å². The number of rotatable bonds is 11. The molecular weight excluding hydrogens is 494 g/mol. The molecule has 6 nitrogen and oxygen atoms in total. The second-order valence-electron chi connectivity index (χ2n) is 9.62. The summed E-state index contributed by atoms with van der Waals surface area (Å²) in [5.74, 6) is 0.0435. The average molecular weight is 526 g/mol. The molecule has 0 bridgehead atoms. The number of thiocarbonyl (C=S) groups is 1. The fraction of sp³-hybridized carbons (Fsp3) is 0.429. The number of nitrogens with zero attached hydrogens (tertiary/aromatic N) is 3. The minimum absolute atomic E-state index is 0.198. The number of carboxylic acids is 1. The molecule has 0 aliphatic carbocycles. The first-order chi connectivity index (χ1) is 17.4. The topological polar surface area (TPSA) is 75.6 Å². The van der Waals surface area contributed by atoms with E-state index in [9.17, 15) is 9.90 Å². The molecule has 8 heteroatoms. The van der Waals surface area contributed by atoms with E-state index in [0.29, 0.717) is 5.02 Å². The smallest absolute Gasteiger partial charge is 0.303 e. The maximum atomic E-state index is 11.8. The lowest BCUT2D eigenvalue weighted by molar-refractivity contribution is -0.140. The maximum absolute atomic E-state index is 11.8. The summed E-state index contributed by atoms with van der Waals surface area (Å²) < 4.78 is 5.39. The van der Waals surface area contributed by atoms with Gasteiger partial charge in [-0.2, -0.15) is 0 Å². The van der Waals surface area contributed by atoms with E-state index < -0.39 is 5.97 Å². The molecule has 2 aromatic heterocycles. The molecule has 1 aliphatic heterocycles. The highest BCUT2D eigenvalue weighted by molar-refractivity contribution is 7.80. The molecule has 0 amide bonds. The average Bonchev–Trinajstić information content (AvgIpc) is 2.89. The van der Waals surface area contributed by atoms with Crippen molar-refractivity contribution in [3.05, 3.63) is 65.1 Å². The van der Waals surface area contributed by atoms with Crippen LogP contribution in [0.1, 0.15) is 49.8 Å². The number of aliphatic carboxylic acids is 1. The lowest BCUT2D eigenvalue weighted by Crippen LogP contribution is -2.42. The van der Waals surface area contributed by atoms with E-state index >= 15 is 0 Å². The number of hydrogen-bond donors (Lipinski definition) is 1. The van der Waals surface area contributed by atoms with Gasteiger partial charge in [0, 0.05) is 29.2 Å². The minimum atomic E-state index is -0.725. The molecule has 1 N–H and O–H groups in total. The van der Waals surface area contributed by atoms with Crippen LogP contribution >= 0.6 is 23.8 Å². The number of halogens is 1. The number of pyridine rings is 2. The molecule has 0 unspecified atom stereocenters. The van der Waals surface area contributed by atoms with Crippen molar-refractivity contribution in [2.45, 2.75) is 44.9 Å². The second kappa shape index (κ2) is 12.1. The van der Waals surface area contributed by atoms with E-state index in [4.69, 9.17) is 28.6 Å². The number of carbonyl (C=O) groups is 1. The van der Waals surface area contributed by atoms with E-state index in [1.807, 2.05) is 36.4 Å². The number of methoxy groups -OCH3 is 1. The number of benzene rings is 1. The van der Waals surface area contributed by atoms with Crippen molar-refractivity contribution in [2.24, 2.45) is 5.41 Å². The van der Waals surface area contributed by atoms with Gasteiger partial charge in [0.25, 0.3) is 0 Å². The summed E-state index contributed by atoms with van der Waals surface area (Å²) in [7, 11) is 1.65. The number of likely N-dealkylation sites (tertiary alicyclic amines) is 1. The molecule has 0 atom stereocenters. The van der Waals surface area contributed by atoms with Crippen molar-refractivity contribution < 1.29 is 14.6 Å². The molecule has 0 saturated carbocycles. The molecule has 0 spiro atoms. The normalized spacial score (nSPS) is 15.6. The Hall–Kier alpha value is -2.61. The van der Waals surface area contributed by atoms with Crippen molar-refractivity contribution in [3.63, 3.8) is 0 Å². The second-order valence-corrected chi connectivity index (χ2v) is 10.5. The fourth-order valence-electron chi connectivity index (χ4n) is 5.23. The van der Waals surface area contributed by atoms with Gasteiger partial charge in [-0.15, -0.1) is 0 Å². The Bertz CT molecular complexity index is 1210. The lowest BCUT2D eigenvalue weighted by atomic mass is 9.72. The van der Waals surface area contributed by atoms with Crippen LogP contribution in [-0.4, -0.2) is 57.6 Å². The van der Waals surface area contributed by atoms with Crippen molar-refractivity contribution >= 4 is 45.6 Å². The van der Waals surface area contributed by atoms with Crippen LogP contribution in [0.25, 0.3) is 10.9 Å². The monoisotopic (exact) mass is 525 g/mol. The van der Waals surface area contributed by atoms with Gasteiger partial charge in [0.05, 0.1) is 29.8 Å². The van der Waals surface area contributed by atoms with Crippen LogP contribution in [0, 0.1) is 5.41 Å². The highest BCUT2D eigenvalue weighted by atomic mass is 35.5. The van der Waals surface area contributed by atoms with Crippen LogP contribution in [0.4, 0.5) is 0 Å². The van der Waals surface area contributed by atoms with Gasteiger partial charge in [0.15, 0.2) is 0 Å². The van der Waals surface area contributed by atoms with E-state index in [2.05, 4.69) is 14.9 Å². The molecule has 1 aliphatic rings. The Morgan fingerprint density at radius 3 is 2.72 bits per heavy atom. The Balaban J connectivity index is 1.37. The summed E-state index contributed by atoms with van der Waals surface area (Å²) in [6, 6.07) is 11.6. The number of carboxylic acid groups (broad SMARTS) is 1. The molecule has 36 heavy (non-hydrogen) atoms. The zero-order chi connectivity index (χ0) is 25.5. The van der Waals surface area contributed by atoms with Gasteiger partial charge in [-0.05, 0) is 92.9 Å². The standard InChI is InChI=1S/C28H32ClN3O3S/c1-35-20-7-8-24-22(17-20)21(23(29)19-31-24)5-4-10-28(18-27(33)34)11-15-32(16-12-28)14-9-26(36)25-6-2-3-13-30-25/h2-3,6-8,13,17,19H,4-5,9-12,14-16,18H2,1H3,(H,33,34). The summed E-state index contributed by atoms with van der Waals surface area (Å²) in [5, 5.41) is 11.3. The van der Waals surface area contributed by atoms with Gasteiger partial charge in [0.1, 0.15) is 5.75 Å². The van der Waals surface area contributed by atoms with Crippen LogP contribution in [0.3, 0.4) is 0 Å². The quantitative estimate of drug-likeness (QED) is 0.244. The van der Waals surface area contributed by atoms with Gasteiger partial charge < -0.3 is 14.7 Å². The molecule has 1 saturated heterocycles. The van der Waals surface area contributed by atoms with Crippen LogP contribution in [-0.2, 0) is 11.2 Å². The first kappa shape index (κ1) is 26.5. The number of hydrogen-bond acceptors (Lipinski definition) is 6. The highest BCUT2D eigenvalue weighted by Gasteiger charge is 2.36. The Morgan fingerprint density at radius 2 is 2.03 bits per heavy atom. The summed E-state index contributed by atoms with van der Waals surface area (Å²) in [4.78, 5) is 23.8. The summed E-state index contributed by atoms with van der Waals surface area (Å²) in [6.07, 6.45) is 8.68. The van der Waals surface area contributed by atoms with Crippen molar-refractivity contribution in [1.29, 1.82) is 0 Å². The van der Waals surface area contributed by atoms with Crippen LogP contribution in [0.15, 0.2) is 48.8 Å². The molecule has 3 aromatic rings. The molecule has 1 aromatic carbocycles. The highest BCUT2D eigenvalue weighted by Crippen LogP contribution is 2.40. The molecule has 3 heterocycles. The van der Waals surface area contributed by atoms with Crippen molar-refractivity contribution in [1.82, 2.24) is 14.9 Å². The summed E-state index contributed by atoms with van der Waals surface area (Å²) in [5.41, 5.74) is 2.60. The first-order valence-corrected chi connectivity index (χ1v) is 13.2. The Morgan fingerprint density at radius 1 is 1.22 bits per heavy atom. The van der Waals surface area contributed by atoms with E-state index in [0.717, 1.165) is 90.9 Å². The number of aromatic nitrogens is 2. The fourth-order valence-corrected chi connectivity index (χ4v) is 5.68. The Labute approximate surface area is 222 Å². The van der Waals surface area contributed by atoms with E-state index in [1.54, 1.807) is 19.5 Å². The van der Waals surface area contributed by atoms with Crippen LogP contribution in [0.2, 0.25) is 5.02 Å². The molecule has 190 valence electrons. The van der Waals surface area contributed by atoms with Gasteiger partial charge in [-0.3, -0.25) is 14.8 Å². The third kappa shape index (κ3) is 6.58. The minimum Gasteiger partial charge on any atom is -0.497 e. The van der Waals surface area contributed by atoms with Crippen molar-refractivity contribution in [2.75, 3.05) is 26.7 Å². The molecule has 1 fully saturated rings. The zero-order valence-electron chi connectivity index (χ0n) is 20.6. The van der Waals surface area contributed by atoms with Gasteiger partial charge in [-0.25, -0.2) is 0 Å². The number of ether oxygens (including phenoxy) is 1. The number of aryl methyl sites for hydroxylation is 1. The third-order valence-corrected chi connectivity index (χ3v) is 8.06. The third-order valence-electron chi connectivity index (χ3n) is 7.32. The van der Waals surface area contributed by atoms with E-state index in [1.165, 1.54) is 0 Å². The summed E-state index contributed by atoms with van der Waals surface area (Å²) >= 11 is 12.1. The predicted octanol–water partition coefficient (Wildman–Crippen LogP) is 5.98. The predicted molar refractivity (Wildman–Crippen MR) is 147 cm³/mol. The number of piperidine rings is 1. The molecular formula is C28H32ClN3O3S. The number of fused-ring (bicyclic) bond motifs is 1. The van der Waals surface area contributed by atoms with Crippen LogP contribution < -0.4 is 4.74 Å². The largest absolute Gasteiger partial charge is 0.497 e. The van der Waals surface area contributed by atoms with Crippen molar-refractivity contribution in [3.8, 4) is 5.75 Å². The molecule has 0 radical (unpaired) electrons. The van der Waals surface area contributed by atoms with Gasteiger partial charge in [0.2, 0.25) is 0 Å². The van der Waals surface area contributed by atoms with Gasteiger partial charge >= 0.3 is 5.97 Å². The Kier molecular flexibility index (Phi) is 8.88.